The molecule has 132 valence electrons. The van der Waals surface area contributed by atoms with E-state index < -0.39 is 6.10 Å². The summed E-state index contributed by atoms with van der Waals surface area (Å²) in [5.74, 6) is 0.470. The molecule has 0 aromatic heterocycles. The van der Waals surface area contributed by atoms with E-state index >= 15 is 0 Å². The Hall–Kier alpha value is -2.60. The van der Waals surface area contributed by atoms with E-state index in [2.05, 4.69) is 5.32 Å². The number of carbonyl (C=O) groups excluding carboxylic acids is 1. The first kappa shape index (κ1) is 17.2. The minimum absolute atomic E-state index is 0.181. The third-order valence-corrected chi connectivity index (χ3v) is 3.95. The molecule has 1 fully saturated rings. The predicted octanol–water partition coefficient (Wildman–Crippen LogP) is 3.53. The van der Waals surface area contributed by atoms with Crippen LogP contribution in [0.3, 0.4) is 0 Å². The van der Waals surface area contributed by atoms with Gasteiger partial charge in [0.15, 0.2) is 0 Å². The van der Waals surface area contributed by atoms with Crippen LogP contribution in [0.2, 0.25) is 0 Å². The summed E-state index contributed by atoms with van der Waals surface area (Å²) in [7, 11) is 1.54. The number of halogens is 1. The molecule has 1 amide bonds. The lowest BCUT2D eigenvalue weighted by Crippen LogP contribution is -2.27. The normalized spacial score (nSPS) is 16.5. The Morgan fingerprint density at radius 3 is 2.92 bits per heavy atom. The molecule has 0 radical (unpaired) electrons. The van der Waals surface area contributed by atoms with E-state index in [0.717, 1.165) is 18.4 Å². The van der Waals surface area contributed by atoms with Crippen LogP contribution in [0.4, 0.5) is 10.1 Å². The van der Waals surface area contributed by atoms with Crippen LogP contribution in [0, 0.1) is 5.82 Å². The molecule has 0 saturated carbocycles. The monoisotopic (exact) mass is 345 g/mol. The maximum absolute atomic E-state index is 13.2. The Morgan fingerprint density at radius 1 is 1.32 bits per heavy atom. The molecule has 0 spiro atoms. The van der Waals surface area contributed by atoms with E-state index in [4.69, 9.17) is 14.2 Å². The number of hydrogen-bond acceptors (Lipinski definition) is 4. The predicted molar refractivity (Wildman–Crippen MR) is 91.3 cm³/mol. The fourth-order valence-electron chi connectivity index (χ4n) is 2.66. The summed E-state index contributed by atoms with van der Waals surface area (Å²) in [6.07, 6.45) is 1.18. The van der Waals surface area contributed by atoms with Crippen LogP contribution in [0.15, 0.2) is 42.5 Å². The van der Waals surface area contributed by atoms with Gasteiger partial charge >= 0.3 is 0 Å². The van der Waals surface area contributed by atoms with Gasteiger partial charge in [-0.3, -0.25) is 4.79 Å². The molecule has 0 aliphatic carbocycles. The highest BCUT2D eigenvalue weighted by Gasteiger charge is 2.24. The van der Waals surface area contributed by atoms with Gasteiger partial charge in [0.2, 0.25) is 0 Å². The zero-order valence-corrected chi connectivity index (χ0v) is 14.0. The van der Waals surface area contributed by atoms with Crippen molar-refractivity contribution in [3.05, 3.63) is 53.8 Å². The molecule has 3 rings (SSSR count). The van der Waals surface area contributed by atoms with Gasteiger partial charge in [-0.05, 0) is 42.7 Å². The number of ether oxygens (including phenoxy) is 3. The molecule has 0 unspecified atom stereocenters. The van der Waals surface area contributed by atoms with E-state index in [0.29, 0.717) is 23.8 Å². The van der Waals surface area contributed by atoms with Crippen molar-refractivity contribution >= 4 is 11.6 Å². The van der Waals surface area contributed by atoms with Gasteiger partial charge in [-0.2, -0.15) is 0 Å². The SMILES string of the molecule is COc1ccc(COc2cccc(F)c2)cc1NC(=O)[C@H]1CCCO1. The molecule has 6 heteroatoms. The minimum atomic E-state index is -0.420. The maximum Gasteiger partial charge on any atom is 0.253 e. The quantitative estimate of drug-likeness (QED) is 0.870. The summed E-state index contributed by atoms with van der Waals surface area (Å²) in [5.41, 5.74) is 1.39. The number of hydrogen-bond donors (Lipinski definition) is 1. The van der Waals surface area contributed by atoms with Gasteiger partial charge in [-0.1, -0.05) is 12.1 Å². The molecule has 1 atom stereocenters. The Labute approximate surface area is 145 Å². The molecule has 1 aliphatic heterocycles. The Bertz CT molecular complexity index is 744. The van der Waals surface area contributed by atoms with E-state index in [9.17, 15) is 9.18 Å². The average molecular weight is 345 g/mol. The molecule has 5 nitrogen and oxygen atoms in total. The highest BCUT2D eigenvalue weighted by Crippen LogP contribution is 2.27. The van der Waals surface area contributed by atoms with Gasteiger partial charge in [-0.15, -0.1) is 0 Å². The van der Waals surface area contributed by atoms with Crippen molar-refractivity contribution in [1.82, 2.24) is 0 Å². The van der Waals surface area contributed by atoms with Crippen LogP contribution in [-0.4, -0.2) is 25.7 Å². The molecule has 1 N–H and O–H groups in total. The Balaban J connectivity index is 1.69. The average Bonchev–Trinajstić information content (AvgIpc) is 3.15. The highest BCUT2D eigenvalue weighted by molar-refractivity contribution is 5.95. The largest absolute Gasteiger partial charge is 0.495 e. The zero-order chi connectivity index (χ0) is 17.6. The molecular weight excluding hydrogens is 325 g/mol. The van der Waals surface area contributed by atoms with Crippen molar-refractivity contribution in [3.8, 4) is 11.5 Å². The summed E-state index contributed by atoms with van der Waals surface area (Å²) in [4.78, 5) is 12.2. The van der Waals surface area contributed by atoms with E-state index in [1.54, 1.807) is 31.4 Å². The third-order valence-electron chi connectivity index (χ3n) is 3.95. The molecule has 2 aromatic rings. The Kier molecular flexibility index (Phi) is 5.50. The van der Waals surface area contributed by atoms with Gasteiger partial charge < -0.3 is 19.5 Å². The summed E-state index contributed by atoms with van der Waals surface area (Å²) in [6, 6.07) is 11.3. The fraction of sp³-hybridized carbons (Fsp3) is 0.316. The highest BCUT2D eigenvalue weighted by atomic mass is 19.1. The second-order valence-electron chi connectivity index (χ2n) is 5.77. The lowest BCUT2D eigenvalue weighted by molar-refractivity contribution is -0.124. The minimum Gasteiger partial charge on any atom is -0.495 e. The first-order valence-electron chi connectivity index (χ1n) is 8.13. The summed E-state index contributed by atoms with van der Waals surface area (Å²) in [5, 5.41) is 2.85. The summed E-state index contributed by atoms with van der Waals surface area (Å²) < 4.78 is 29.5. The molecule has 1 heterocycles. The van der Waals surface area contributed by atoms with Gasteiger partial charge in [-0.25, -0.2) is 4.39 Å². The molecule has 2 aromatic carbocycles. The molecule has 1 aliphatic rings. The maximum atomic E-state index is 13.2. The zero-order valence-electron chi connectivity index (χ0n) is 14.0. The van der Waals surface area contributed by atoms with Gasteiger partial charge in [0.25, 0.3) is 5.91 Å². The number of rotatable bonds is 6. The lowest BCUT2D eigenvalue weighted by atomic mass is 10.1. The van der Waals surface area contributed by atoms with Gasteiger partial charge in [0, 0.05) is 12.7 Å². The van der Waals surface area contributed by atoms with Crippen LogP contribution in [-0.2, 0) is 16.1 Å². The van der Waals surface area contributed by atoms with Crippen LogP contribution in [0.25, 0.3) is 0 Å². The molecule has 25 heavy (non-hydrogen) atoms. The van der Waals surface area contributed by atoms with Gasteiger partial charge in [0.05, 0.1) is 12.8 Å². The van der Waals surface area contributed by atoms with Crippen molar-refractivity contribution < 1.29 is 23.4 Å². The topological polar surface area (TPSA) is 56.8 Å². The lowest BCUT2D eigenvalue weighted by Gasteiger charge is -2.15. The molecule has 1 saturated heterocycles. The fourth-order valence-corrected chi connectivity index (χ4v) is 2.66. The third kappa shape index (κ3) is 4.48. The van der Waals surface area contributed by atoms with E-state index in [-0.39, 0.29) is 18.3 Å². The number of carbonyl (C=O) groups is 1. The number of anilines is 1. The molecular formula is C19H20FNO4. The number of benzene rings is 2. The van der Waals surface area contributed by atoms with Crippen molar-refractivity contribution in [1.29, 1.82) is 0 Å². The van der Waals surface area contributed by atoms with Crippen LogP contribution >= 0.6 is 0 Å². The second kappa shape index (κ2) is 7.98. The summed E-state index contributed by atoms with van der Waals surface area (Å²) >= 11 is 0. The van der Waals surface area contributed by atoms with E-state index in [1.165, 1.54) is 12.1 Å². The smallest absolute Gasteiger partial charge is 0.253 e. The number of nitrogens with one attached hydrogen (secondary N) is 1. The second-order valence-corrected chi connectivity index (χ2v) is 5.77. The standard InChI is InChI=1S/C19H20FNO4/c1-23-17-8-7-13(12-25-15-5-2-4-14(20)11-15)10-16(17)21-19(22)18-6-3-9-24-18/h2,4-5,7-8,10-11,18H,3,6,9,12H2,1H3,(H,21,22)/t18-/m1/s1. The van der Waals surface area contributed by atoms with Crippen LogP contribution in [0.5, 0.6) is 11.5 Å². The first-order valence-corrected chi connectivity index (χ1v) is 8.13. The van der Waals surface area contributed by atoms with E-state index in [1.807, 2.05) is 6.07 Å². The number of methoxy groups -OCH3 is 1. The van der Waals surface area contributed by atoms with Crippen molar-refractivity contribution in [2.45, 2.75) is 25.6 Å². The first-order chi connectivity index (χ1) is 12.2. The van der Waals surface area contributed by atoms with Crippen molar-refractivity contribution in [2.24, 2.45) is 0 Å². The number of amides is 1. The van der Waals surface area contributed by atoms with Gasteiger partial charge in [0.1, 0.15) is 30.0 Å². The van der Waals surface area contributed by atoms with Crippen LogP contribution in [0.1, 0.15) is 18.4 Å². The Morgan fingerprint density at radius 2 is 2.20 bits per heavy atom. The summed E-state index contributed by atoms with van der Waals surface area (Å²) in [6.45, 7) is 0.854. The van der Waals surface area contributed by atoms with Crippen molar-refractivity contribution in [2.75, 3.05) is 19.0 Å². The van der Waals surface area contributed by atoms with Crippen LogP contribution < -0.4 is 14.8 Å². The van der Waals surface area contributed by atoms with Crippen molar-refractivity contribution in [3.63, 3.8) is 0 Å². The molecule has 0 bridgehead atoms.